The Balaban J connectivity index is 1.44. The van der Waals surface area contributed by atoms with Crippen LogP contribution in [0.15, 0.2) is 42.6 Å². The third-order valence-corrected chi connectivity index (χ3v) is 6.08. The molecule has 1 saturated heterocycles. The van der Waals surface area contributed by atoms with Crippen molar-refractivity contribution in [3.8, 4) is 5.75 Å². The fourth-order valence-corrected chi connectivity index (χ4v) is 4.36. The fraction of sp³-hybridized carbons (Fsp3) is 0.320. The van der Waals surface area contributed by atoms with Crippen molar-refractivity contribution in [2.24, 2.45) is 0 Å². The second-order valence-corrected chi connectivity index (χ2v) is 8.37. The number of morpholine rings is 1. The van der Waals surface area contributed by atoms with Gasteiger partial charge in [0.1, 0.15) is 0 Å². The summed E-state index contributed by atoms with van der Waals surface area (Å²) in [5.41, 5.74) is 4.91. The number of nitrogens with one attached hydrogen (secondary N) is 1. The maximum absolute atomic E-state index is 14.2. The topological polar surface area (TPSA) is 79.8 Å². The average Bonchev–Trinajstić information content (AvgIpc) is 3.13. The highest BCUT2D eigenvalue weighted by Crippen LogP contribution is 2.35. The largest absolute Gasteiger partial charge is 0.492 e. The number of rotatable bonds is 6. The highest BCUT2D eigenvalue weighted by Gasteiger charge is 2.30. The Kier molecular flexibility index (Phi) is 6.02. The molecule has 0 atom stereocenters. The van der Waals surface area contributed by atoms with Gasteiger partial charge in [0.15, 0.2) is 11.6 Å². The van der Waals surface area contributed by atoms with Crippen LogP contribution in [0, 0.1) is 5.82 Å². The molecule has 9 heteroatoms. The molecule has 1 fully saturated rings. The lowest BCUT2D eigenvalue weighted by atomic mass is 10.1. The Bertz CT molecular complexity index is 1210. The lowest BCUT2D eigenvalue weighted by Crippen LogP contribution is -2.36. The predicted octanol–water partition coefficient (Wildman–Crippen LogP) is 3.38. The molecule has 0 spiro atoms. The summed E-state index contributed by atoms with van der Waals surface area (Å²) in [7, 11) is 3.15. The Labute approximate surface area is 197 Å². The van der Waals surface area contributed by atoms with Crippen LogP contribution in [0.3, 0.4) is 0 Å². The number of carbonyl (C=O) groups excluding carboxylic acids is 1. The Morgan fingerprint density at radius 3 is 2.71 bits per heavy atom. The highest BCUT2D eigenvalue weighted by atomic mass is 19.1. The first-order valence-electron chi connectivity index (χ1n) is 11.2. The predicted molar refractivity (Wildman–Crippen MR) is 126 cm³/mol. The second kappa shape index (κ2) is 9.26. The molecule has 2 aromatic heterocycles. The molecule has 176 valence electrons. The molecule has 0 radical (unpaired) electrons. The van der Waals surface area contributed by atoms with E-state index in [9.17, 15) is 9.18 Å². The number of aromatic nitrogens is 2. The van der Waals surface area contributed by atoms with Gasteiger partial charge in [0.05, 0.1) is 61.4 Å². The van der Waals surface area contributed by atoms with Gasteiger partial charge in [-0.3, -0.25) is 14.8 Å². The number of ether oxygens (including phenoxy) is 2. The van der Waals surface area contributed by atoms with E-state index in [0.717, 1.165) is 43.4 Å². The molecule has 0 saturated carbocycles. The maximum atomic E-state index is 14.2. The van der Waals surface area contributed by atoms with Crippen molar-refractivity contribution in [1.82, 2.24) is 14.9 Å². The minimum Gasteiger partial charge on any atom is -0.492 e. The molecule has 3 aromatic rings. The van der Waals surface area contributed by atoms with E-state index in [2.05, 4.69) is 21.3 Å². The number of nitrogens with zero attached hydrogens (tertiary/aromatic N) is 4. The van der Waals surface area contributed by atoms with Crippen molar-refractivity contribution in [3.63, 3.8) is 0 Å². The van der Waals surface area contributed by atoms with Gasteiger partial charge in [-0.05, 0) is 30.3 Å². The highest BCUT2D eigenvalue weighted by molar-refractivity contribution is 6.03. The summed E-state index contributed by atoms with van der Waals surface area (Å²) < 4.78 is 24.9. The van der Waals surface area contributed by atoms with Gasteiger partial charge in [0, 0.05) is 37.9 Å². The number of fused-ring (bicyclic) bond motifs is 1. The van der Waals surface area contributed by atoms with Gasteiger partial charge in [-0.2, -0.15) is 0 Å². The summed E-state index contributed by atoms with van der Waals surface area (Å²) in [6.07, 6.45) is 2.38. The number of anilines is 3. The van der Waals surface area contributed by atoms with Crippen LogP contribution in [0.1, 0.15) is 27.4 Å². The average molecular weight is 464 g/mol. The van der Waals surface area contributed by atoms with E-state index >= 15 is 0 Å². The molecule has 0 aliphatic carbocycles. The molecular weight excluding hydrogens is 437 g/mol. The number of methoxy groups -OCH3 is 1. The number of hydrogen-bond donors (Lipinski definition) is 1. The van der Waals surface area contributed by atoms with Crippen molar-refractivity contribution in [2.75, 3.05) is 50.7 Å². The number of pyridine rings is 2. The van der Waals surface area contributed by atoms with Crippen molar-refractivity contribution in [3.05, 3.63) is 71.1 Å². The van der Waals surface area contributed by atoms with Crippen LogP contribution in [0.5, 0.6) is 5.75 Å². The molecule has 1 N–H and O–H groups in total. The number of halogens is 1. The molecule has 5 rings (SSSR count). The summed E-state index contributed by atoms with van der Waals surface area (Å²) in [5.74, 6) is -0.514. The van der Waals surface area contributed by atoms with Crippen molar-refractivity contribution < 1.29 is 18.7 Å². The Morgan fingerprint density at radius 2 is 1.97 bits per heavy atom. The Morgan fingerprint density at radius 1 is 1.15 bits per heavy atom. The van der Waals surface area contributed by atoms with Crippen molar-refractivity contribution in [1.29, 1.82) is 0 Å². The lowest BCUT2D eigenvalue weighted by molar-refractivity contribution is 0.0817. The molecule has 0 unspecified atom stereocenters. The zero-order valence-corrected chi connectivity index (χ0v) is 19.2. The van der Waals surface area contributed by atoms with Gasteiger partial charge in [0.2, 0.25) is 0 Å². The monoisotopic (exact) mass is 463 g/mol. The van der Waals surface area contributed by atoms with E-state index in [0.29, 0.717) is 35.6 Å². The zero-order chi connectivity index (χ0) is 23.7. The first kappa shape index (κ1) is 22.1. The third kappa shape index (κ3) is 4.26. The van der Waals surface area contributed by atoms with E-state index in [1.54, 1.807) is 24.1 Å². The van der Waals surface area contributed by atoms with E-state index in [1.807, 2.05) is 18.3 Å². The standard InChI is InChI=1S/C25H26FN5O3/c1-30-15-22-23(25(30)32)21(29-20-5-3-4-19(26)24(20)33-2)13-17(28-22)12-16-6-7-18(14-27-16)31-8-10-34-11-9-31/h3-7,13-14H,8-12,15H2,1-2H3,(H,28,29). The summed E-state index contributed by atoms with van der Waals surface area (Å²) in [6, 6.07) is 10.5. The van der Waals surface area contributed by atoms with E-state index in [1.165, 1.54) is 13.2 Å². The molecule has 1 amide bonds. The SMILES string of the molecule is COc1c(F)cccc1Nc1cc(Cc2ccc(N3CCOCC3)cn2)nc2c1C(=O)N(C)C2. The lowest BCUT2D eigenvalue weighted by Gasteiger charge is -2.28. The van der Waals surface area contributed by atoms with Crippen LogP contribution in [-0.2, 0) is 17.7 Å². The van der Waals surface area contributed by atoms with E-state index in [-0.39, 0.29) is 11.7 Å². The van der Waals surface area contributed by atoms with Crippen LogP contribution < -0.4 is 15.0 Å². The molecule has 0 bridgehead atoms. The van der Waals surface area contributed by atoms with Crippen LogP contribution in [0.25, 0.3) is 0 Å². The van der Waals surface area contributed by atoms with Gasteiger partial charge in [-0.25, -0.2) is 4.39 Å². The van der Waals surface area contributed by atoms with E-state index < -0.39 is 5.82 Å². The van der Waals surface area contributed by atoms with Crippen LogP contribution >= 0.6 is 0 Å². The summed E-state index contributed by atoms with van der Waals surface area (Å²) in [5, 5.41) is 3.20. The first-order valence-corrected chi connectivity index (χ1v) is 11.2. The van der Waals surface area contributed by atoms with Gasteiger partial charge in [-0.1, -0.05) is 6.07 Å². The number of benzene rings is 1. The number of hydrogen-bond acceptors (Lipinski definition) is 7. The maximum Gasteiger partial charge on any atom is 0.257 e. The second-order valence-electron chi connectivity index (χ2n) is 8.37. The molecule has 2 aliphatic rings. The fourth-order valence-electron chi connectivity index (χ4n) is 4.36. The minimum absolute atomic E-state index is 0.0915. The van der Waals surface area contributed by atoms with Crippen LogP contribution in [0.2, 0.25) is 0 Å². The Hall–Kier alpha value is -3.72. The zero-order valence-electron chi connectivity index (χ0n) is 19.2. The molecule has 4 heterocycles. The van der Waals surface area contributed by atoms with Crippen molar-refractivity contribution >= 4 is 23.0 Å². The quantitative estimate of drug-likeness (QED) is 0.600. The van der Waals surface area contributed by atoms with Gasteiger partial charge in [0.25, 0.3) is 5.91 Å². The third-order valence-electron chi connectivity index (χ3n) is 6.08. The number of amides is 1. The van der Waals surface area contributed by atoms with Crippen LogP contribution in [-0.4, -0.2) is 61.2 Å². The first-order chi connectivity index (χ1) is 16.5. The minimum atomic E-state index is -0.480. The van der Waals surface area contributed by atoms with Gasteiger partial charge in [-0.15, -0.1) is 0 Å². The summed E-state index contributed by atoms with van der Waals surface area (Å²) in [4.78, 5) is 26.1. The van der Waals surface area contributed by atoms with Crippen molar-refractivity contribution in [2.45, 2.75) is 13.0 Å². The van der Waals surface area contributed by atoms with Crippen LogP contribution in [0.4, 0.5) is 21.5 Å². The van der Waals surface area contributed by atoms with E-state index in [4.69, 9.17) is 14.5 Å². The molecule has 2 aliphatic heterocycles. The number of para-hydroxylation sites is 1. The molecule has 34 heavy (non-hydrogen) atoms. The smallest absolute Gasteiger partial charge is 0.257 e. The number of carbonyl (C=O) groups is 1. The van der Waals surface area contributed by atoms with Gasteiger partial charge < -0.3 is 24.6 Å². The normalized spacial score (nSPS) is 15.4. The molecular formula is C25H26FN5O3. The summed E-state index contributed by atoms with van der Waals surface area (Å²) >= 11 is 0. The molecule has 1 aromatic carbocycles. The summed E-state index contributed by atoms with van der Waals surface area (Å²) in [6.45, 7) is 3.57. The van der Waals surface area contributed by atoms with Gasteiger partial charge >= 0.3 is 0 Å². The molecule has 8 nitrogen and oxygen atoms in total.